The minimum atomic E-state index is -3.56. The lowest BCUT2D eigenvalue weighted by molar-refractivity contribution is 0.171. The van der Waals surface area contributed by atoms with Gasteiger partial charge in [-0.1, -0.05) is 30.7 Å². The van der Waals surface area contributed by atoms with Crippen molar-refractivity contribution in [2.24, 2.45) is 0 Å². The van der Waals surface area contributed by atoms with Gasteiger partial charge in [0.05, 0.1) is 14.8 Å². The van der Waals surface area contributed by atoms with Gasteiger partial charge < -0.3 is 5.32 Å². The molecule has 1 fully saturated rings. The Kier molecular flexibility index (Phi) is 3.92. The van der Waals surface area contributed by atoms with E-state index in [9.17, 15) is 8.42 Å². The molecule has 4 nitrogen and oxygen atoms in total. The smallest absolute Gasteiger partial charge is 0.208 e. The molecule has 1 aromatic rings. The van der Waals surface area contributed by atoms with Gasteiger partial charge in [0.2, 0.25) is 9.84 Å². The molecule has 0 aromatic heterocycles. The number of nitrogens with one attached hydrogen (secondary N) is 1. The summed E-state index contributed by atoms with van der Waals surface area (Å²) in [7, 11) is -3.56. The van der Waals surface area contributed by atoms with Gasteiger partial charge in [0, 0.05) is 31.2 Å². The van der Waals surface area contributed by atoms with Gasteiger partial charge in [0.1, 0.15) is 0 Å². The third-order valence-corrected chi connectivity index (χ3v) is 7.21. The number of likely N-dealkylation sites (N-methyl/N-ethyl adjacent to an activating group) is 1. The molecule has 1 atom stereocenters. The van der Waals surface area contributed by atoms with Gasteiger partial charge >= 0.3 is 0 Å². The molecule has 1 N–H and O–H groups in total. The number of hydrogen-bond donors (Lipinski definition) is 1. The van der Waals surface area contributed by atoms with E-state index in [2.05, 4.69) is 17.1 Å². The van der Waals surface area contributed by atoms with Crippen molar-refractivity contribution in [3.63, 3.8) is 0 Å². The molecular formula is C18H19ClN2O2S. The number of fused-ring (bicyclic) bond motifs is 1. The zero-order chi connectivity index (χ0) is 16.9. The first-order valence-corrected chi connectivity index (χ1v) is 10.0. The fourth-order valence-corrected chi connectivity index (χ4v) is 5.31. The molecule has 0 saturated carbocycles. The second-order valence-electron chi connectivity index (χ2n) is 6.26. The summed E-state index contributed by atoms with van der Waals surface area (Å²) in [5.74, 6) is 0. The maximum Gasteiger partial charge on any atom is 0.208 e. The molecular weight excluding hydrogens is 344 g/mol. The minimum absolute atomic E-state index is 0.221. The van der Waals surface area contributed by atoms with Crippen LogP contribution in [0.1, 0.15) is 18.5 Å². The number of piperazine rings is 1. The van der Waals surface area contributed by atoms with Crippen LogP contribution in [0.15, 0.2) is 46.2 Å². The highest BCUT2D eigenvalue weighted by molar-refractivity contribution is 7.91. The summed E-state index contributed by atoms with van der Waals surface area (Å²) < 4.78 is 25.6. The average Bonchev–Trinajstić information content (AvgIpc) is 3.31. The van der Waals surface area contributed by atoms with Crippen LogP contribution in [-0.4, -0.2) is 39.5 Å². The molecule has 1 saturated heterocycles. The van der Waals surface area contributed by atoms with E-state index in [1.54, 1.807) is 18.2 Å². The molecule has 6 heteroatoms. The molecule has 1 heterocycles. The molecule has 126 valence electrons. The van der Waals surface area contributed by atoms with Crippen LogP contribution in [0, 0.1) is 0 Å². The first-order valence-electron chi connectivity index (χ1n) is 8.16. The maximum atomic E-state index is 12.8. The number of hydrogen-bond acceptors (Lipinski definition) is 4. The van der Waals surface area contributed by atoms with E-state index in [1.165, 1.54) is 0 Å². The highest BCUT2D eigenvalue weighted by atomic mass is 35.5. The number of benzene rings is 2. The molecule has 2 aliphatic carbocycles. The Balaban J connectivity index is 1.64. The summed E-state index contributed by atoms with van der Waals surface area (Å²) in [6.45, 7) is 6.02. The van der Waals surface area contributed by atoms with Crippen molar-refractivity contribution in [2.75, 3.05) is 26.2 Å². The van der Waals surface area contributed by atoms with Crippen molar-refractivity contribution in [2.45, 2.75) is 22.8 Å². The van der Waals surface area contributed by atoms with Crippen LogP contribution < -0.4 is 5.32 Å². The van der Waals surface area contributed by atoms with E-state index in [-0.39, 0.29) is 10.9 Å². The quantitative estimate of drug-likeness (QED) is 0.774. The zero-order valence-corrected chi connectivity index (χ0v) is 15.0. The van der Waals surface area contributed by atoms with Gasteiger partial charge in [-0.25, -0.2) is 8.42 Å². The molecule has 1 aromatic carbocycles. The first kappa shape index (κ1) is 16.1. The lowest BCUT2D eigenvalue weighted by Gasteiger charge is -2.35. The monoisotopic (exact) mass is 362 g/mol. The van der Waals surface area contributed by atoms with Crippen LogP contribution >= 0.6 is 11.6 Å². The van der Waals surface area contributed by atoms with Gasteiger partial charge in [-0.05, 0) is 41.9 Å². The SMILES string of the molecule is CCN1CCNCC1c1ccc(S(=O)(=O)c2cc3cc-3c2Cl)cc1. The Morgan fingerprint density at radius 3 is 2.62 bits per heavy atom. The molecule has 0 bridgehead atoms. The van der Waals surface area contributed by atoms with E-state index in [4.69, 9.17) is 11.6 Å². The largest absolute Gasteiger partial charge is 0.314 e. The van der Waals surface area contributed by atoms with Gasteiger partial charge in [-0.3, -0.25) is 4.90 Å². The van der Waals surface area contributed by atoms with Gasteiger partial charge in [-0.15, -0.1) is 0 Å². The average molecular weight is 363 g/mol. The maximum absolute atomic E-state index is 12.8. The lowest BCUT2D eigenvalue weighted by Crippen LogP contribution is -2.45. The molecule has 0 radical (unpaired) electrons. The highest BCUT2D eigenvalue weighted by Gasteiger charge is 2.30. The predicted molar refractivity (Wildman–Crippen MR) is 95.2 cm³/mol. The molecule has 1 aliphatic heterocycles. The Bertz CT molecular complexity index is 894. The third-order valence-electron chi connectivity index (χ3n) is 4.89. The normalized spacial score (nSPS) is 20.2. The van der Waals surface area contributed by atoms with E-state index >= 15 is 0 Å². The van der Waals surface area contributed by atoms with Crippen molar-refractivity contribution < 1.29 is 8.42 Å². The van der Waals surface area contributed by atoms with E-state index in [0.29, 0.717) is 9.92 Å². The minimum Gasteiger partial charge on any atom is -0.314 e. The second-order valence-corrected chi connectivity index (χ2v) is 8.55. The third kappa shape index (κ3) is 2.56. The summed E-state index contributed by atoms with van der Waals surface area (Å²) in [5, 5.41) is 3.75. The van der Waals surface area contributed by atoms with Crippen LogP contribution in [-0.2, 0) is 9.84 Å². The zero-order valence-electron chi connectivity index (χ0n) is 13.4. The van der Waals surface area contributed by atoms with Crippen LogP contribution in [0.25, 0.3) is 11.1 Å². The van der Waals surface area contributed by atoms with Crippen LogP contribution in [0.2, 0.25) is 5.02 Å². The van der Waals surface area contributed by atoms with Crippen LogP contribution in [0.5, 0.6) is 0 Å². The highest BCUT2D eigenvalue weighted by Crippen LogP contribution is 2.47. The van der Waals surface area contributed by atoms with Crippen LogP contribution in [0.3, 0.4) is 0 Å². The molecule has 1 unspecified atom stereocenters. The Morgan fingerprint density at radius 2 is 2.00 bits per heavy atom. The van der Waals surface area contributed by atoms with Crippen molar-refractivity contribution >= 4 is 21.4 Å². The summed E-state index contributed by atoms with van der Waals surface area (Å²) >= 11 is 6.16. The number of rotatable bonds is 4. The van der Waals surface area contributed by atoms with Crippen molar-refractivity contribution in [3.05, 3.63) is 47.0 Å². The summed E-state index contributed by atoms with van der Waals surface area (Å²) in [6.07, 6.45) is 0. The first-order chi connectivity index (χ1) is 11.5. The fraction of sp³-hybridized carbons (Fsp3) is 0.333. The standard InChI is InChI=1S/C18H19ClN2O2S/c1-2-21-8-7-20-11-16(21)12-3-5-14(6-4-12)24(22,23)17-10-13-9-15(13)18(17)19/h3-6,9-10,16,20H,2,7-8,11H2,1H3. The Hall–Kier alpha value is -1.40. The van der Waals surface area contributed by atoms with Crippen LogP contribution in [0.4, 0.5) is 0 Å². The predicted octanol–water partition coefficient (Wildman–Crippen LogP) is 3.12. The number of halogens is 1. The molecule has 0 amide bonds. The number of sulfone groups is 1. The fourth-order valence-electron chi connectivity index (χ4n) is 3.41. The summed E-state index contributed by atoms with van der Waals surface area (Å²) in [4.78, 5) is 2.92. The van der Waals surface area contributed by atoms with Gasteiger partial charge in [-0.2, -0.15) is 0 Å². The van der Waals surface area contributed by atoms with Crippen molar-refractivity contribution in [1.29, 1.82) is 0 Å². The van der Waals surface area contributed by atoms with E-state index in [1.807, 2.05) is 18.2 Å². The lowest BCUT2D eigenvalue weighted by atomic mass is 10.0. The molecule has 0 spiro atoms. The summed E-state index contributed by atoms with van der Waals surface area (Å²) in [5.41, 5.74) is 2.93. The van der Waals surface area contributed by atoms with Gasteiger partial charge in [0.15, 0.2) is 0 Å². The Labute approximate surface area is 147 Å². The topological polar surface area (TPSA) is 49.4 Å². The Morgan fingerprint density at radius 1 is 1.25 bits per heavy atom. The van der Waals surface area contributed by atoms with E-state index in [0.717, 1.165) is 42.9 Å². The number of nitrogens with zero attached hydrogens (tertiary/aromatic N) is 1. The van der Waals surface area contributed by atoms with E-state index < -0.39 is 9.84 Å². The molecule has 24 heavy (non-hydrogen) atoms. The second kappa shape index (κ2) is 5.85. The van der Waals surface area contributed by atoms with Crippen molar-refractivity contribution in [3.8, 4) is 11.1 Å². The summed E-state index contributed by atoms with van der Waals surface area (Å²) in [6, 6.07) is 11.1. The van der Waals surface area contributed by atoms with Gasteiger partial charge in [0.25, 0.3) is 0 Å². The van der Waals surface area contributed by atoms with Crippen molar-refractivity contribution in [1.82, 2.24) is 10.2 Å². The molecule has 3 aliphatic rings. The molecule has 4 rings (SSSR count).